The number of amides is 1. The van der Waals surface area contributed by atoms with Crippen LogP contribution in [0, 0.1) is 0 Å². The van der Waals surface area contributed by atoms with Crippen molar-refractivity contribution in [1.29, 1.82) is 0 Å². The molecule has 10 heteroatoms. The molecule has 0 aromatic heterocycles. The Hall–Kier alpha value is -1.39. The molecule has 8 nitrogen and oxygen atoms in total. The van der Waals surface area contributed by atoms with Crippen LogP contribution in [-0.2, 0) is 14.8 Å². The van der Waals surface area contributed by atoms with Crippen molar-refractivity contribution in [3.05, 3.63) is 23.8 Å². The van der Waals surface area contributed by atoms with Crippen molar-refractivity contribution in [3.8, 4) is 5.75 Å². The highest BCUT2D eigenvalue weighted by molar-refractivity contribution is 7.89. The van der Waals surface area contributed by atoms with Crippen LogP contribution in [0.25, 0.3) is 0 Å². The molecule has 23 heavy (non-hydrogen) atoms. The normalized spacial score (nSPS) is 19.0. The minimum atomic E-state index is -3.75. The first-order chi connectivity index (χ1) is 10.4. The molecule has 1 aliphatic rings. The Labute approximate surface area is 141 Å². The van der Waals surface area contributed by atoms with Gasteiger partial charge in [-0.1, -0.05) is 0 Å². The SMILES string of the molecule is COc1ccc(S(=O)(=O)N2CCOC(CN)C2)cc1C(N)=O.Cl. The summed E-state index contributed by atoms with van der Waals surface area (Å²) in [5, 5.41) is 0. The number of nitrogens with zero attached hydrogens (tertiary/aromatic N) is 1. The fraction of sp³-hybridized carbons (Fsp3) is 0.462. The third-order valence-corrected chi connectivity index (χ3v) is 5.30. The van der Waals surface area contributed by atoms with E-state index in [1.165, 1.54) is 29.6 Å². The number of benzene rings is 1. The number of halogens is 1. The lowest BCUT2D eigenvalue weighted by Gasteiger charge is -2.31. The highest BCUT2D eigenvalue weighted by atomic mass is 35.5. The first-order valence-electron chi connectivity index (χ1n) is 6.69. The van der Waals surface area contributed by atoms with E-state index in [0.717, 1.165) is 0 Å². The summed E-state index contributed by atoms with van der Waals surface area (Å²) in [4.78, 5) is 11.4. The van der Waals surface area contributed by atoms with Gasteiger partial charge in [0, 0.05) is 19.6 Å². The first kappa shape index (κ1) is 19.7. The zero-order valence-corrected chi connectivity index (χ0v) is 14.2. The maximum absolute atomic E-state index is 12.7. The lowest BCUT2D eigenvalue weighted by atomic mass is 10.2. The number of rotatable bonds is 5. The number of hydrogen-bond acceptors (Lipinski definition) is 6. The molecule has 1 fully saturated rings. The van der Waals surface area contributed by atoms with Crippen molar-refractivity contribution in [3.63, 3.8) is 0 Å². The summed E-state index contributed by atoms with van der Waals surface area (Å²) in [7, 11) is -2.37. The molecule has 0 saturated carbocycles. The average Bonchev–Trinajstić information content (AvgIpc) is 2.54. The quantitative estimate of drug-likeness (QED) is 0.729. The second-order valence-corrected chi connectivity index (χ2v) is 6.76. The summed E-state index contributed by atoms with van der Waals surface area (Å²) in [6.45, 7) is 0.925. The second kappa shape index (κ2) is 7.93. The maximum Gasteiger partial charge on any atom is 0.252 e. The van der Waals surface area contributed by atoms with E-state index in [-0.39, 0.29) is 61.0 Å². The zero-order chi connectivity index (χ0) is 16.3. The molecule has 1 atom stereocenters. The van der Waals surface area contributed by atoms with Gasteiger partial charge in [0.25, 0.3) is 5.91 Å². The van der Waals surface area contributed by atoms with Gasteiger partial charge in [0.2, 0.25) is 10.0 Å². The predicted molar refractivity (Wildman–Crippen MR) is 86.3 cm³/mol. The van der Waals surface area contributed by atoms with Crippen LogP contribution in [0.2, 0.25) is 0 Å². The fourth-order valence-corrected chi connectivity index (χ4v) is 3.72. The highest BCUT2D eigenvalue weighted by Crippen LogP contribution is 2.25. The van der Waals surface area contributed by atoms with Gasteiger partial charge in [-0.3, -0.25) is 4.79 Å². The molecule has 1 aliphatic heterocycles. The summed E-state index contributed by atoms with van der Waals surface area (Å²) in [6, 6.07) is 4.02. The fourth-order valence-electron chi connectivity index (χ4n) is 2.24. The van der Waals surface area contributed by atoms with E-state index in [1.807, 2.05) is 0 Å². The van der Waals surface area contributed by atoms with Crippen LogP contribution < -0.4 is 16.2 Å². The van der Waals surface area contributed by atoms with Gasteiger partial charge in [-0.15, -0.1) is 12.4 Å². The molecule has 1 saturated heterocycles. The summed E-state index contributed by atoms with van der Waals surface area (Å²) < 4.78 is 37.0. The van der Waals surface area contributed by atoms with Gasteiger partial charge in [0.1, 0.15) is 5.75 Å². The van der Waals surface area contributed by atoms with E-state index in [9.17, 15) is 13.2 Å². The molecule has 1 aromatic rings. The predicted octanol–water partition coefficient (Wildman–Crippen LogP) is -0.436. The van der Waals surface area contributed by atoms with Crippen molar-refractivity contribution >= 4 is 28.3 Å². The van der Waals surface area contributed by atoms with Crippen molar-refractivity contribution in [1.82, 2.24) is 4.31 Å². The Balaban J connectivity index is 0.00000264. The van der Waals surface area contributed by atoms with Gasteiger partial charge in [-0.2, -0.15) is 4.31 Å². The lowest BCUT2D eigenvalue weighted by molar-refractivity contribution is 0.00450. The topological polar surface area (TPSA) is 125 Å². The van der Waals surface area contributed by atoms with Gasteiger partial charge in [0.05, 0.1) is 30.3 Å². The molecule has 1 aromatic carbocycles. The Morgan fingerprint density at radius 2 is 2.17 bits per heavy atom. The molecule has 2 rings (SSSR count). The minimum absolute atomic E-state index is 0. The lowest BCUT2D eigenvalue weighted by Crippen LogP contribution is -2.48. The first-order valence-corrected chi connectivity index (χ1v) is 8.13. The largest absolute Gasteiger partial charge is 0.496 e. The van der Waals surface area contributed by atoms with Crippen LogP contribution in [0.4, 0.5) is 0 Å². The van der Waals surface area contributed by atoms with E-state index in [1.54, 1.807) is 0 Å². The van der Waals surface area contributed by atoms with Crippen LogP contribution in [0.15, 0.2) is 23.1 Å². The second-order valence-electron chi connectivity index (χ2n) is 4.82. The molecule has 130 valence electrons. The number of morpholine rings is 1. The number of nitrogens with two attached hydrogens (primary N) is 2. The van der Waals surface area contributed by atoms with Gasteiger partial charge in [-0.05, 0) is 18.2 Å². The Morgan fingerprint density at radius 1 is 1.48 bits per heavy atom. The third kappa shape index (κ3) is 4.12. The van der Waals surface area contributed by atoms with E-state index < -0.39 is 15.9 Å². The summed E-state index contributed by atoms with van der Waals surface area (Å²) >= 11 is 0. The molecule has 1 amide bonds. The smallest absolute Gasteiger partial charge is 0.252 e. The zero-order valence-electron chi connectivity index (χ0n) is 12.6. The molecular formula is C13H20ClN3O5S. The Morgan fingerprint density at radius 3 is 2.74 bits per heavy atom. The van der Waals surface area contributed by atoms with E-state index in [2.05, 4.69) is 0 Å². The molecule has 0 spiro atoms. The Kier molecular flexibility index (Phi) is 6.78. The van der Waals surface area contributed by atoms with Gasteiger partial charge in [0.15, 0.2) is 0 Å². The average molecular weight is 366 g/mol. The van der Waals surface area contributed by atoms with Crippen molar-refractivity contribution < 1.29 is 22.7 Å². The summed E-state index contributed by atoms with van der Waals surface area (Å²) in [6.07, 6.45) is -0.336. The van der Waals surface area contributed by atoms with Gasteiger partial charge >= 0.3 is 0 Å². The molecule has 0 radical (unpaired) electrons. The number of hydrogen-bond donors (Lipinski definition) is 2. The summed E-state index contributed by atoms with van der Waals surface area (Å²) in [5.74, 6) is -0.524. The van der Waals surface area contributed by atoms with E-state index in [4.69, 9.17) is 20.9 Å². The molecule has 0 bridgehead atoms. The number of primary amides is 1. The van der Waals surface area contributed by atoms with Crippen LogP contribution >= 0.6 is 12.4 Å². The molecular weight excluding hydrogens is 346 g/mol. The highest BCUT2D eigenvalue weighted by Gasteiger charge is 2.31. The van der Waals surface area contributed by atoms with Crippen LogP contribution in [0.5, 0.6) is 5.75 Å². The molecule has 1 unspecified atom stereocenters. The third-order valence-electron chi connectivity index (χ3n) is 3.44. The number of carbonyl (C=O) groups is 1. The molecule has 0 aliphatic carbocycles. The maximum atomic E-state index is 12.7. The van der Waals surface area contributed by atoms with Crippen molar-refractivity contribution in [2.45, 2.75) is 11.0 Å². The standard InChI is InChI=1S/C13H19N3O5S.ClH/c1-20-12-3-2-10(6-11(12)13(15)17)22(18,19)16-4-5-21-9(7-14)8-16;/h2-3,6,9H,4-5,7-8,14H2,1H3,(H2,15,17);1H. The minimum Gasteiger partial charge on any atom is -0.496 e. The number of sulfonamides is 1. The summed E-state index contributed by atoms with van der Waals surface area (Å²) in [5.41, 5.74) is 10.8. The number of carbonyl (C=O) groups excluding carboxylic acids is 1. The van der Waals surface area contributed by atoms with Crippen LogP contribution in [-0.4, -0.2) is 58.1 Å². The van der Waals surface area contributed by atoms with Crippen LogP contribution in [0.3, 0.4) is 0 Å². The van der Waals surface area contributed by atoms with Crippen molar-refractivity contribution in [2.75, 3.05) is 33.4 Å². The molecule has 1 heterocycles. The Bertz CT molecular complexity index is 668. The number of ether oxygens (including phenoxy) is 2. The number of methoxy groups -OCH3 is 1. The van der Waals surface area contributed by atoms with Crippen molar-refractivity contribution in [2.24, 2.45) is 11.5 Å². The molecule has 4 N–H and O–H groups in total. The van der Waals surface area contributed by atoms with E-state index >= 15 is 0 Å². The van der Waals surface area contributed by atoms with Crippen LogP contribution in [0.1, 0.15) is 10.4 Å². The monoisotopic (exact) mass is 365 g/mol. The van der Waals surface area contributed by atoms with E-state index in [0.29, 0.717) is 0 Å². The van der Waals surface area contributed by atoms with Gasteiger partial charge < -0.3 is 20.9 Å². The van der Waals surface area contributed by atoms with Gasteiger partial charge in [-0.25, -0.2) is 8.42 Å².